The van der Waals surface area contributed by atoms with Gasteiger partial charge in [0.25, 0.3) is 0 Å². The summed E-state index contributed by atoms with van der Waals surface area (Å²) in [7, 11) is 0. The van der Waals surface area contributed by atoms with Crippen LogP contribution in [0, 0.1) is 5.82 Å². The highest BCUT2D eigenvalue weighted by Gasteiger charge is 2.09. The minimum absolute atomic E-state index is 0.138. The van der Waals surface area contributed by atoms with Gasteiger partial charge in [-0.25, -0.2) is 9.38 Å². The van der Waals surface area contributed by atoms with E-state index in [4.69, 9.17) is 0 Å². The lowest BCUT2D eigenvalue weighted by molar-refractivity contribution is -0.130. The maximum atomic E-state index is 13.5. The Morgan fingerprint density at radius 1 is 1.19 bits per heavy atom. The van der Waals surface area contributed by atoms with Gasteiger partial charge < -0.3 is 15.5 Å². The normalized spacial score (nSPS) is 11.3. The number of nitrogens with one attached hydrogen (secondary N) is 2. The maximum absolute atomic E-state index is 13.5. The summed E-state index contributed by atoms with van der Waals surface area (Å²) in [6, 6.07) is 4.83. The molecule has 0 spiro atoms. The first-order chi connectivity index (χ1) is 12.5. The predicted octanol–water partition coefficient (Wildman–Crippen LogP) is 3.00. The summed E-state index contributed by atoms with van der Waals surface area (Å²) in [4.78, 5) is 18.5. The van der Waals surface area contributed by atoms with E-state index < -0.39 is 0 Å². The number of hydrogen-bond donors (Lipinski definition) is 2. The summed E-state index contributed by atoms with van der Waals surface area (Å²) < 4.78 is 13.5. The van der Waals surface area contributed by atoms with E-state index in [1.165, 1.54) is 6.07 Å². The highest BCUT2D eigenvalue weighted by molar-refractivity contribution is 7.97. The van der Waals surface area contributed by atoms with Crippen LogP contribution in [0.25, 0.3) is 0 Å². The zero-order chi connectivity index (χ0) is 19.4. The van der Waals surface area contributed by atoms with Crippen LogP contribution in [0.1, 0.15) is 38.3 Å². The van der Waals surface area contributed by atoms with Gasteiger partial charge in [-0.2, -0.15) is 11.8 Å². The Morgan fingerprint density at radius 3 is 2.54 bits per heavy atom. The van der Waals surface area contributed by atoms with E-state index in [0.29, 0.717) is 25.5 Å². The minimum Gasteiger partial charge on any atom is -0.357 e. The quantitative estimate of drug-likeness (QED) is 0.482. The first-order valence-corrected chi connectivity index (χ1v) is 10.5. The molecule has 0 atom stereocenters. The van der Waals surface area contributed by atoms with Gasteiger partial charge in [0.05, 0.1) is 6.54 Å². The van der Waals surface area contributed by atoms with Crippen molar-refractivity contribution in [3.8, 4) is 0 Å². The van der Waals surface area contributed by atoms with Crippen molar-refractivity contribution in [2.24, 2.45) is 4.99 Å². The fraction of sp³-hybridized carbons (Fsp3) is 0.579. The van der Waals surface area contributed by atoms with Crippen LogP contribution >= 0.6 is 11.8 Å². The molecule has 7 heteroatoms. The predicted molar refractivity (Wildman–Crippen MR) is 109 cm³/mol. The number of rotatable bonds is 10. The molecule has 146 valence electrons. The van der Waals surface area contributed by atoms with E-state index in [-0.39, 0.29) is 11.7 Å². The highest BCUT2D eigenvalue weighted by atomic mass is 32.2. The molecule has 0 saturated heterocycles. The second kappa shape index (κ2) is 12.6. The first kappa shape index (κ1) is 22.3. The fourth-order valence-electron chi connectivity index (χ4n) is 2.57. The number of guanidine groups is 1. The van der Waals surface area contributed by atoms with Crippen molar-refractivity contribution >= 4 is 23.6 Å². The molecular formula is C19H31FN4OS. The Labute approximate surface area is 160 Å². The third-order valence-electron chi connectivity index (χ3n) is 3.97. The Balaban J connectivity index is 2.68. The average molecular weight is 383 g/mol. The van der Waals surface area contributed by atoms with Crippen LogP contribution in [-0.4, -0.2) is 49.2 Å². The zero-order valence-electron chi connectivity index (χ0n) is 16.3. The van der Waals surface area contributed by atoms with Crippen LogP contribution in [0.15, 0.2) is 23.2 Å². The number of amides is 1. The van der Waals surface area contributed by atoms with Gasteiger partial charge >= 0.3 is 0 Å². The Kier molecular flexibility index (Phi) is 10.8. The van der Waals surface area contributed by atoms with Crippen LogP contribution < -0.4 is 10.6 Å². The van der Waals surface area contributed by atoms with Crippen LogP contribution in [0.4, 0.5) is 4.39 Å². The van der Waals surface area contributed by atoms with Gasteiger partial charge in [-0.15, -0.1) is 0 Å². The number of nitrogens with zero attached hydrogens (tertiary/aromatic N) is 2. The number of benzene rings is 1. The molecule has 0 aliphatic carbocycles. The number of carbonyl (C=O) groups excluding carboxylic acids is 1. The zero-order valence-corrected chi connectivity index (χ0v) is 17.1. The molecular weight excluding hydrogens is 351 g/mol. The Hall–Kier alpha value is -1.76. The van der Waals surface area contributed by atoms with E-state index in [1.54, 1.807) is 23.9 Å². The smallest absolute Gasteiger partial charge is 0.224 e. The highest BCUT2D eigenvalue weighted by Crippen LogP contribution is 2.17. The molecule has 1 amide bonds. The molecule has 2 N–H and O–H groups in total. The summed E-state index contributed by atoms with van der Waals surface area (Å²) in [5, 5.41) is 6.38. The molecule has 0 aliphatic rings. The van der Waals surface area contributed by atoms with Gasteiger partial charge in [-0.3, -0.25) is 4.79 Å². The van der Waals surface area contributed by atoms with Gasteiger partial charge in [-0.1, -0.05) is 6.07 Å². The van der Waals surface area contributed by atoms with E-state index in [1.807, 2.05) is 31.9 Å². The van der Waals surface area contributed by atoms with Gasteiger partial charge in [0.1, 0.15) is 5.82 Å². The van der Waals surface area contributed by atoms with Crippen molar-refractivity contribution in [1.29, 1.82) is 0 Å². The van der Waals surface area contributed by atoms with Crippen molar-refractivity contribution in [3.63, 3.8) is 0 Å². The largest absolute Gasteiger partial charge is 0.357 e. The van der Waals surface area contributed by atoms with E-state index >= 15 is 0 Å². The average Bonchev–Trinajstić information content (AvgIpc) is 2.62. The number of thioether (sulfide) groups is 1. The molecule has 0 aromatic heterocycles. The van der Waals surface area contributed by atoms with E-state index in [2.05, 4.69) is 15.6 Å². The monoisotopic (exact) mass is 382 g/mol. The van der Waals surface area contributed by atoms with E-state index in [9.17, 15) is 9.18 Å². The van der Waals surface area contributed by atoms with Crippen molar-refractivity contribution in [3.05, 3.63) is 35.1 Å². The fourth-order valence-corrected chi connectivity index (χ4v) is 3.15. The van der Waals surface area contributed by atoms with Gasteiger partial charge in [0.2, 0.25) is 5.91 Å². The second-order valence-electron chi connectivity index (χ2n) is 5.78. The van der Waals surface area contributed by atoms with E-state index in [0.717, 1.165) is 36.5 Å². The summed E-state index contributed by atoms with van der Waals surface area (Å²) in [5.41, 5.74) is 1.98. The molecule has 0 bridgehead atoms. The van der Waals surface area contributed by atoms with Crippen LogP contribution in [-0.2, 0) is 17.1 Å². The molecule has 1 rings (SSSR count). The van der Waals surface area contributed by atoms with Crippen LogP contribution in [0.2, 0.25) is 0 Å². The third kappa shape index (κ3) is 7.64. The molecule has 0 radical (unpaired) electrons. The van der Waals surface area contributed by atoms with Gasteiger partial charge in [0, 0.05) is 38.4 Å². The van der Waals surface area contributed by atoms with Crippen molar-refractivity contribution in [2.75, 3.05) is 32.4 Å². The topological polar surface area (TPSA) is 56.7 Å². The molecule has 1 aromatic carbocycles. The first-order valence-electron chi connectivity index (χ1n) is 9.11. The SMILES string of the molecule is CCNC(=NCc1ccc(F)cc1CSC)NCCC(=O)N(CC)CC. The summed E-state index contributed by atoms with van der Waals surface area (Å²) in [5.74, 6) is 1.34. The standard InChI is InChI=1S/C19H31FN4OS/c1-5-21-19(22-11-10-18(25)24(6-2)7-3)23-13-15-8-9-17(20)12-16(15)14-26-4/h8-9,12H,5-7,10-11,13-14H2,1-4H3,(H2,21,22,23). The number of halogens is 1. The molecule has 0 unspecified atom stereocenters. The molecule has 0 heterocycles. The minimum atomic E-state index is -0.221. The molecule has 26 heavy (non-hydrogen) atoms. The third-order valence-corrected chi connectivity index (χ3v) is 4.57. The lowest BCUT2D eigenvalue weighted by atomic mass is 10.1. The van der Waals surface area contributed by atoms with Crippen LogP contribution in [0.5, 0.6) is 0 Å². The second-order valence-corrected chi connectivity index (χ2v) is 6.65. The van der Waals surface area contributed by atoms with Gasteiger partial charge in [0.15, 0.2) is 5.96 Å². The summed E-state index contributed by atoms with van der Waals surface area (Å²) in [6.45, 7) is 9.15. The molecule has 0 fully saturated rings. The summed E-state index contributed by atoms with van der Waals surface area (Å²) in [6.07, 6.45) is 2.43. The number of aliphatic imine (C=N–C) groups is 1. The maximum Gasteiger partial charge on any atom is 0.224 e. The number of hydrogen-bond acceptors (Lipinski definition) is 3. The lowest BCUT2D eigenvalue weighted by Gasteiger charge is -2.19. The Morgan fingerprint density at radius 2 is 1.92 bits per heavy atom. The summed E-state index contributed by atoms with van der Waals surface area (Å²) >= 11 is 1.66. The number of carbonyl (C=O) groups is 1. The molecule has 0 aliphatic heterocycles. The van der Waals surface area contributed by atoms with Crippen molar-refractivity contribution < 1.29 is 9.18 Å². The van der Waals surface area contributed by atoms with Crippen LogP contribution in [0.3, 0.4) is 0 Å². The molecule has 5 nitrogen and oxygen atoms in total. The van der Waals surface area contributed by atoms with Crippen molar-refractivity contribution in [2.45, 2.75) is 39.5 Å². The molecule has 0 saturated carbocycles. The molecule has 1 aromatic rings. The van der Waals surface area contributed by atoms with Gasteiger partial charge in [-0.05, 0) is 50.3 Å². The van der Waals surface area contributed by atoms with Crippen molar-refractivity contribution in [1.82, 2.24) is 15.5 Å². The lowest BCUT2D eigenvalue weighted by Crippen LogP contribution is -2.40. The Bertz CT molecular complexity index is 591.